The van der Waals surface area contributed by atoms with E-state index in [0.29, 0.717) is 0 Å². The van der Waals surface area contributed by atoms with Gasteiger partial charge < -0.3 is 0 Å². The summed E-state index contributed by atoms with van der Waals surface area (Å²) in [5.41, 5.74) is 9.90. The Labute approximate surface area is 291 Å². The molecule has 0 fully saturated rings. The zero-order valence-electron chi connectivity index (χ0n) is 27.5. The maximum Gasteiger partial charge on any atom is -0.00199 e. The Bertz CT molecular complexity index is 2810. The Morgan fingerprint density at radius 2 is 0.560 bits per heavy atom. The largest absolute Gasteiger partial charge is 0.0622 e. The van der Waals surface area contributed by atoms with Gasteiger partial charge in [0.05, 0.1) is 0 Å². The minimum Gasteiger partial charge on any atom is -0.0622 e. The van der Waals surface area contributed by atoms with Crippen molar-refractivity contribution in [3.63, 3.8) is 0 Å². The zero-order chi connectivity index (χ0) is 33.0. The summed E-state index contributed by atoms with van der Waals surface area (Å²) in [6.45, 7) is 0. The number of hydrogen-bond acceptors (Lipinski definition) is 0. The normalized spacial score (nSPS) is 11.6. The van der Waals surface area contributed by atoms with Gasteiger partial charge in [-0.2, -0.15) is 0 Å². The molecule has 0 aliphatic heterocycles. The lowest BCUT2D eigenvalue weighted by atomic mass is 9.83. The van der Waals surface area contributed by atoms with Crippen molar-refractivity contribution in [2.75, 3.05) is 0 Å². The highest BCUT2D eigenvalue weighted by atomic mass is 14.2. The molecule has 10 aromatic rings. The molecule has 0 aliphatic rings. The van der Waals surface area contributed by atoms with E-state index in [1.165, 1.54) is 98.4 Å². The van der Waals surface area contributed by atoms with Gasteiger partial charge >= 0.3 is 0 Å². The highest BCUT2D eigenvalue weighted by Crippen LogP contribution is 2.47. The van der Waals surface area contributed by atoms with E-state index in [4.69, 9.17) is 0 Å². The van der Waals surface area contributed by atoms with E-state index in [2.05, 4.69) is 194 Å². The molecule has 0 spiro atoms. The van der Waals surface area contributed by atoms with Crippen molar-refractivity contribution in [3.8, 4) is 44.5 Å². The summed E-state index contributed by atoms with van der Waals surface area (Å²) < 4.78 is 0. The highest BCUT2D eigenvalue weighted by molar-refractivity contribution is 6.26. The van der Waals surface area contributed by atoms with E-state index in [-0.39, 0.29) is 0 Å². The third-order valence-corrected chi connectivity index (χ3v) is 10.4. The molecular weight excluding hydrogens is 601 g/mol. The Morgan fingerprint density at radius 3 is 1.10 bits per heavy atom. The molecule has 0 nitrogen and oxygen atoms in total. The van der Waals surface area contributed by atoms with Crippen LogP contribution in [0, 0.1) is 0 Å². The second kappa shape index (κ2) is 11.6. The molecule has 0 amide bonds. The van der Waals surface area contributed by atoms with Crippen molar-refractivity contribution >= 4 is 53.9 Å². The fraction of sp³-hybridized carbons (Fsp3) is 0. The maximum atomic E-state index is 2.43. The average molecular weight is 633 g/mol. The fourth-order valence-corrected chi connectivity index (χ4v) is 8.22. The molecule has 0 aromatic heterocycles. The van der Waals surface area contributed by atoms with Crippen LogP contribution in [-0.4, -0.2) is 0 Å². The zero-order valence-corrected chi connectivity index (χ0v) is 27.5. The number of benzene rings is 10. The summed E-state index contributed by atoms with van der Waals surface area (Å²) >= 11 is 0. The molecule has 0 atom stereocenters. The Balaban J connectivity index is 1.29. The van der Waals surface area contributed by atoms with Crippen molar-refractivity contribution in [2.45, 2.75) is 0 Å². The van der Waals surface area contributed by atoms with Gasteiger partial charge in [-0.05, 0) is 111 Å². The van der Waals surface area contributed by atoms with Gasteiger partial charge in [-0.15, -0.1) is 0 Å². The lowest BCUT2D eigenvalue weighted by Gasteiger charge is -2.20. The third kappa shape index (κ3) is 4.46. The van der Waals surface area contributed by atoms with Gasteiger partial charge in [0.2, 0.25) is 0 Å². The fourth-order valence-electron chi connectivity index (χ4n) is 8.22. The first-order valence-electron chi connectivity index (χ1n) is 17.4. The van der Waals surface area contributed by atoms with Gasteiger partial charge in [-0.3, -0.25) is 0 Å². The van der Waals surface area contributed by atoms with Gasteiger partial charge in [0.25, 0.3) is 0 Å². The first-order chi connectivity index (χ1) is 24.8. The molecule has 232 valence electrons. The molecule has 0 radical (unpaired) electrons. The SMILES string of the molecule is c1ccc(-c2ccc(-c3ccc4c5ccccc5c5ccccc5c4c3)cc2-c2c3ccccc3c(-c3ccccc3)c3ccccc23)cc1. The van der Waals surface area contributed by atoms with E-state index in [1.54, 1.807) is 0 Å². The summed E-state index contributed by atoms with van der Waals surface area (Å²) in [7, 11) is 0. The second-order valence-electron chi connectivity index (χ2n) is 13.2. The second-order valence-corrected chi connectivity index (χ2v) is 13.2. The maximum absolute atomic E-state index is 2.43. The van der Waals surface area contributed by atoms with Crippen LogP contribution in [-0.2, 0) is 0 Å². The van der Waals surface area contributed by atoms with Gasteiger partial charge in [0.1, 0.15) is 0 Å². The smallest absolute Gasteiger partial charge is 0.00199 e. The Morgan fingerprint density at radius 1 is 0.180 bits per heavy atom. The molecule has 0 bridgehead atoms. The first kappa shape index (κ1) is 28.5. The summed E-state index contributed by atoms with van der Waals surface area (Å²) in [4.78, 5) is 0. The van der Waals surface area contributed by atoms with Gasteiger partial charge in [0.15, 0.2) is 0 Å². The Kier molecular flexibility index (Phi) is 6.60. The van der Waals surface area contributed by atoms with Crippen molar-refractivity contribution in [1.82, 2.24) is 0 Å². The van der Waals surface area contributed by atoms with Crippen LogP contribution >= 0.6 is 0 Å². The first-order valence-corrected chi connectivity index (χ1v) is 17.4. The van der Waals surface area contributed by atoms with Crippen LogP contribution in [0.3, 0.4) is 0 Å². The van der Waals surface area contributed by atoms with Crippen molar-refractivity contribution in [3.05, 3.63) is 194 Å². The molecule has 10 rings (SSSR count). The number of rotatable bonds is 4. The van der Waals surface area contributed by atoms with Crippen molar-refractivity contribution < 1.29 is 0 Å². The van der Waals surface area contributed by atoms with Crippen LogP contribution in [0.4, 0.5) is 0 Å². The molecule has 0 unspecified atom stereocenters. The molecule has 0 saturated carbocycles. The van der Waals surface area contributed by atoms with Gasteiger partial charge in [-0.1, -0.05) is 182 Å². The molecule has 0 aliphatic carbocycles. The summed E-state index contributed by atoms with van der Waals surface area (Å²) in [5, 5.41) is 12.8. The van der Waals surface area contributed by atoms with E-state index < -0.39 is 0 Å². The number of hydrogen-bond donors (Lipinski definition) is 0. The molecule has 10 aromatic carbocycles. The predicted molar refractivity (Wildman–Crippen MR) is 216 cm³/mol. The standard InChI is InChI=1S/C50H32/c1-3-15-33(16-4-1)37-29-27-36(35-28-30-42-40-21-8-7-19-38(40)39-20-9-10-22-41(39)47(42)31-35)32-48(37)50-45-25-13-11-23-43(45)49(34-17-5-2-6-18-34)44-24-12-14-26-46(44)50/h1-32H. The molecule has 0 saturated heterocycles. The van der Waals surface area contributed by atoms with Crippen LogP contribution in [0.15, 0.2) is 194 Å². The summed E-state index contributed by atoms with van der Waals surface area (Å²) in [6.07, 6.45) is 0. The molecular formula is C50H32. The van der Waals surface area contributed by atoms with Gasteiger partial charge in [0, 0.05) is 0 Å². The molecule has 50 heavy (non-hydrogen) atoms. The van der Waals surface area contributed by atoms with Gasteiger partial charge in [-0.25, -0.2) is 0 Å². The third-order valence-electron chi connectivity index (χ3n) is 10.4. The lowest BCUT2D eigenvalue weighted by molar-refractivity contribution is 1.59. The summed E-state index contributed by atoms with van der Waals surface area (Å²) in [6, 6.07) is 71.3. The van der Waals surface area contributed by atoms with E-state index in [9.17, 15) is 0 Å². The monoisotopic (exact) mass is 632 g/mol. The van der Waals surface area contributed by atoms with E-state index in [0.717, 1.165) is 0 Å². The van der Waals surface area contributed by atoms with Crippen LogP contribution < -0.4 is 0 Å². The van der Waals surface area contributed by atoms with Crippen molar-refractivity contribution in [2.24, 2.45) is 0 Å². The highest BCUT2D eigenvalue weighted by Gasteiger charge is 2.20. The minimum absolute atomic E-state index is 1.21. The Hall–Kier alpha value is -6.50. The minimum atomic E-state index is 1.21. The van der Waals surface area contributed by atoms with Crippen LogP contribution in [0.1, 0.15) is 0 Å². The predicted octanol–water partition coefficient (Wildman–Crippen LogP) is 14.1. The van der Waals surface area contributed by atoms with Crippen LogP contribution in [0.5, 0.6) is 0 Å². The molecule has 0 N–H and O–H groups in total. The topological polar surface area (TPSA) is 0 Å². The van der Waals surface area contributed by atoms with Crippen LogP contribution in [0.25, 0.3) is 98.4 Å². The average Bonchev–Trinajstić information content (AvgIpc) is 3.20. The number of fused-ring (bicyclic) bond motifs is 8. The molecule has 0 heteroatoms. The van der Waals surface area contributed by atoms with Crippen LogP contribution in [0.2, 0.25) is 0 Å². The van der Waals surface area contributed by atoms with E-state index >= 15 is 0 Å². The lowest BCUT2D eigenvalue weighted by Crippen LogP contribution is -1.93. The summed E-state index contributed by atoms with van der Waals surface area (Å²) in [5.74, 6) is 0. The van der Waals surface area contributed by atoms with Crippen molar-refractivity contribution in [1.29, 1.82) is 0 Å². The molecule has 0 heterocycles. The van der Waals surface area contributed by atoms with E-state index in [1.807, 2.05) is 0 Å². The quantitative estimate of drug-likeness (QED) is 0.134.